The second-order valence-electron chi connectivity index (χ2n) is 5.65. The van der Waals surface area contributed by atoms with Crippen LogP contribution in [-0.2, 0) is 4.79 Å². The highest BCUT2D eigenvalue weighted by Gasteiger charge is 2.42. The minimum atomic E-state index is 0.0494. The second-order valence-corrected chi connectivity index (χ2v) is 5.65. The molecule has 1 aliphatic carbocycles. The van der Waals surface area contributed by atoms with Gasteiger partial charge in [0.2, 0.25) is 0 Å². The lowest BCUT2D eigenvalue weighted by molar-refractivity contribution is -0.123. The van der Waals surface area contributed by atoms with Crippen molar-refractivity contribution in [3.8, 4) is 0 Å². The van der Waals surface area contributed by atoms with Crippen molar-refractivity contribution in [3.63, 3.8) is 0 Å². The monoisotopic (exact) mass is 182 g/mol. The number of carbonyl (C=O) groups is 1. The van der Waals surface area contributed by atoms with Crippen LogP contribution in [0, 0.1) is 16.7 Å². The van der Waals surface area contributed by atoms with Gasteiger partial charge in [0.15, 0.2) is 0 Å². The molecule has 0 spiro atoms. The lowest BCUT2D eigenvalue weighted by Gasteiger charge is -2.44. The van der Waals surface area contributed by atoms with Gasteiger partial charge in [-0.15, -0.1) is 0 Å². The van der Waals surface area contributed by atoms with E-state index in [0.29, 0.717) is 11.3 Å². The molecule has 0 bridgehead atoms. The number of hydrogen-bond acceptors (Lipinski definition) is 1. The molecule has 1 heteroatoms. The highest BCUT2D eigenvalue weighted by atomic mass is 16.1. The summed E-state index contributed by atoms with van der Waals surface area (Å²) in [6.45, 7) is 9.05. The third kappa shape index (κ3) is 2.12. The van der Waals surface area contributed by atoms with Crippen LogP contribution in [0.3, 0.4) is 0 Å². The number of carbonyl (C=O) groups excluding carboxylic acids is 1. The lowest BCUT2D eigenvalue weighted by Crippen LogP contribution is -2.37. The summed E-state index contributed by atoms with van der Waals surface area (Å²) < 4.78 is 0. The Hall–Kier alpha value is -0.330. The average Bonchev–Trinajstić information content (AvgIpc) is 1.96. The fourth-order valence-electron chi connectivity index (χ4n) is 2.08. The minimum Gasteiger partial charge on any atom is -0.303 e. The predicted octanol–water partition coefficient (Wildman–Crippen LogP) is 3.43. The molecule has 0 radical (unpaired) electrons. The van der Waals surface area contributed by atoms with Crippen molar-refractivity contribution in [1.29, 1.82) is 0 Å². The minimum absolute atomic E-state index is 0.0494. The zero-order chi connectivity index (χ0) is 10.1. The zero-order valence-electron chi connectivity index (χ0n) is 9.39. The van der Waals surface area contributed by atoms with E-state index in [9.17, 15) is 4.79 Å². The molecule has 0 aromatic heterocycles. The first-order chi connectivity index (χ1) is 5.92. The fraction of sp³-hybridized carbons (Fsp3) is 0.917. The van der Waals surface area contributed by atoms with Gasteiger partial charge in [0.05, 0.1) is 0 Å². The summed E-state index contributed by atoms with van der Waals surface area (Å²) in [6, 6.07) is 0. The van der Waals surface area contributed by atoms with Crippen LogP contribution in [0.15, 0.2) is 0 Å². The highest BCUT2D eigenvalue weighted by Crippen LogP contribution is 2.49. The van der Waals surface area contributed by atoms with Crippen LogP contribution in [-0.4, -0.2) is 6.29 Å². The van der Waals surface area contributed by atoms with Gasteiger partial charge in [-0.2, -0.15) is 0 Å². The molecule has 0 aromatic carbocycles. The molecule has 1 nitrogen and oxygen atoms in total. The molecule has 1 rings (SSSR count). The Morgan fingerprint density at radius 3 is 2.15 bits per heavy atom. The second kappa shape index (κ2) is 3.43. The number of rotatable bonds is 4. The van der Waals surface area contributed by atoms with Crippen molar-refractivity contribution in [2.45, 2.75) is 53.4 Å². The van der Waals surface area contributed by atoms with Crippen LogP contribution in [0.4, 0.5) is 0 Å². The summed E-state index contributed by atoms with van der Waals surface area (Å²) >= 11 is 0. The molecular formula is C12H22O. The Balaban J connectivity index is 2.60. The maximum absolute atomic E-state index is 11.0. The van der Waals surface area contributed by atoms with Gasteiger partial charge in [-0.25, -0.2) is 0 Å². The van der Waals surface area contributed by atoms with Gasteiger partial charge in [-0.05, 0) is 30.6 Å². The molecular weight excluding hydrogens is 160 g/mol. The standard InChI is InChI=1S/C12H22O/c1-10(2)11(3,4)8-12(9-13)6-5-7-12/h9-10H,5-8H2,1-4H3. The largest absolute Gasteiger partial charge is 0.303 e. The first-order valence-corrected chi connectivity index (χ1v) is 5.38. The Morgan fingerprint density at radius 2 is 1.92 bits per heavy atom. The average molecular weight is 182 g/mol. The van der Waals surface area contributed by atoms with Crippen molar-refractivity contribution in [2.24, 2.45) is 16.7 Å². The van der Waals surface area contributed by atoms with Crippen molar-refractivity contribution in [2.75, 3.05) is 0 Å². The van der Waals surface area contributed by atoms with Crippen LogP contribution in [0.2, 0.25) is 0 Å². The van der Waals surface area contributed by atoms with Gasteiger partial charge >= 0.3 is 0 Å². The maximum atomic E-state index is 11.0. The molecule has 1 aliphatic rings. The van der Waals surface area contributed by atoms with E-state index in [1.807, 2.05) is 0 Å². The van der Waals surface area contributed by atoms with Crippen molar-refractivity contribution in [3.05, 3.63) is 0 Å². The molecule has 0 saturated heterocycles. The third-order valence-electron chi connectivity index (χ3n) is 3.97. The summed E-state index contributed by atoms with van der Waals surface area (Å²) in [5.41, 5.74) is 0.356. The van der Waals surface area contributed by atoms with Gasteiger partial charge < -0.3 is 4.79 Å². The molecule has 0 amide bonds. The first-order valence-electron chi connectivity index (χ1n) is 5.38. The molecule has 0 N–H and O–H groups in total. The van der Waals surface area contributed by atoms with Crippen molar-refractivity contribution < 1.29 is 4.79 Å². The van der Waals surface area contributed by atoms with E-state index in [1.165, 1.54) is 12.7 Å². The van der Waals surface area contributed by atoms with Gasteiger partial charge in [0.25, 0.3) is 0 Å². The molecule has 0 aromatic rings. The third-order valence-corrected chi connectivity index (χ3v) is 3.97. The van der Waals surface area contributed by atoms with Gasteiger partial charge in [0.1, 0.15) is 6.29 Å². The summed E-state index contributed by atoms with van der Waals surface area (Å²) in [5, 5.41) is 0. The SMILES string of the molecule is CC(C)C(C)(C)CC1(C=O)CCC1. The van der Waals surface area contributed by atoms with E-state index in [1.54, 1.807) is 0 Å². The topological polar surface area (TPSA) is 17.1 Å². The Labute approximate surface area is 81.9 Å². The number of aldehydes is 1. The normalized spacial score (nSPS) is 21.3. The highest BCUT2D eigenvalue weighted by molar-refractivity contribution is 5.60. The van der Waals surface area contributed by atoms with Gasteiger partial charge in [0, 0.05) is 5.41 Å². The molecule has 0 unspecified atom stereocenters. The van der Waals surface area contributed by atoms with E-state index in [0.717, 1.165) is 19.3 Å². The molecule has 76 valence electrons. The van der Waals surface area contributed by atoms with E-state index in [2.05, 4.69) is 27.7 Å². The molecule has 0 atom stereocenters. The molecule has 13 heavy (non-hydrogen) atoms. The summed E-state index contributed by atoms with van der Waals surface area (Å²) in [5.74, 6) is 0.657. The Morgan fingerprint density at radius 1 is 1.38 bits per heavy atom. The lowest BCUT2D eigenvalue weighted by atomic mass is 9.60. The van der Waals surface area contributed by atoms with Crippen LogP contribution < -0.4 is 0 Å². The van der Waals surface area contributed by atoms with Gasteiger partial charge in [-0.3, -0.25) is 0 Å². The maximum Gasteiger partial charge on any atom is 0.126 e. The van der Waals surface area contributed by atoms with Crippen molar-refractivity contribution >= 4 is 6.29 Å². The molecule has 1 fully saturated rings. The Bertz CT molecular complexity index is 187. The Kier molecular flexibility index (Phi) is 2.84. The fourth-order valence-corrected chi connectivity index (χ4v) is 2.08. The van der Waals surface area contributed by atoms with Crippen LogP contribution >= 0.6 is 0 Å². The van der Waals surface area contributed by atoms with Gasteiger partial charge in [-0.1, -0.05) is 34.1 Å². The predicted molar refractivity (Wildman–Crippen MR) is 55.6 cm³/mol. The zero-order valence-corrected chi connectivity index (χ0v) is 9.39. The summed E-state index contributed by atoms with van der Waals surface area (Å²) in [6.07, 6.45) is 5.76. The van der Waals surface area contributed by atoms with Crippen LogP contribution in [0.5, 0.6) is 0 Å². The smallest absolute Gasteiger partial charge is 0.126 e. The quantitative estimate of drug-likeness (QED) is 0.609. The van der Waals surface area contributed by atoms with E-state index in [-0.39, 0.29) is 5.41 Å². The molecule has 0 aliphatic heterocycles. The molecule has 0 heterocycles. The van der Waals surface area contributed by atoms with Crippen molar-refractivity contribution in [1.82, 2.24) is 0 Å². The van der Waals surface area contributed by atoms with Crippen LogP contribution in [0.25, 0.3) is 0 Å². The summed E-state index contributed by atoms with van der Waals surface area (Å²) in [7, 11) is 0. The summed E-state index contributed by atoms with van der Waals surface area (Å²) in [4.78, 5) is 11.0. The van der Waals surface area contributed by atoms with E-state index < -0.39 is 0 Å². The molecule has 1 saturated carbocycles. The first kappa shape index (κ1) is 10.7. The van der Waals surface area contributed by atoms with E-state index >= 15 is 0 Å². The number of hydrogen-bond donors (Lipinski definition) is 0. The van der Waals surface area contributed by atoms with Crippen LogP contribution in [0.1, 0.15) is 53.4 Å². The van der Waals surface area contributed by atoms with E-state index in [4.69, 9.17) is 0 Å².